The van der Waals surface area contributed by atoms with Crippen molar-refractivity contribution < 1.29 is 14.3 Å². The summed E-state index contributed by atoms with van der Waals surface area (Å²) < 4.78 is 11.9. The van der Waals surface area contributed by atoms with Crippen molar-refractivity contribution in [2.24, 2.45) is 0 Å². The number of carbonyl (C=O) groups excluding carboxylic acids is 1. The second-order valence-electron chi connectivity index (χ2n) is 6.46. The highest BCUT2D eigenvalue weighted by Crippen LogP contribution is 2.32. The summed E-state index contributed by atoms with van der Waals surface area (Å²) in [6.45, 7) is 3.98. The fraction of sp³-hybridized carbons (Fsp3) is 0.250. The topological polar surface area (TPSA) is 104 Å². The standard InChI is InChI=1S/C20H23N5O3S/c1-12-7-13(2)9-15(8-12)22-18(26)11-29-20-24-23-19(25(20)21)14-5-6-16(27-3)17(10-14)28-4/h5-10H,11,21H2,1-4H3,(H,22,26). The Kier molecular flexibility index (Phi) is 6.28. The summed E-state index contributed by atoms with van der Waals surface area (Å²) in [5.41, 5.74) is 3.68. The molecule has 3 N–H and O–H groups in total. The number of benzene rings is 2. The fourth-order valence-corrected chi connectivity index (χ4v) is 3.58. The number of nitrogens with zero attached hydrogens (tertiary/aromatic N) is 3. The third kappa shape index (κ3) is 4.80. The van der Waals surface area contributed by atoms with E-state index in [0.29, 0.717) is 22.5 Å². The monoisotopic (exact) mass is 413 g/mol. The lowest BCUT2D eigenvalue weighted by Gasteiger charge is -2.09. The number of anilines is 1. The predicted molar refractivity (Wildman–Crippen MR) is 114 cm³/mol. The summed E-state index contributed by atoms with van der Waals surface area (Å²) in [5.74, 6) is 7.80. The van der Waals surface area contributed by atoms with Crippen molar-refractivity contribution in [1.82, 2.24) is 14.9 Å². The van der Waals surface area contributed by atoms with Gasteiger partial charge in [-0.25, -0.2) is 4.68 Å². The molecule has 29 heavy (non-hydrogen) atoms. The number of thioether (sulfide) groups is 1. The molecular weight excluding hydrogens is 390 g/mol. The minimum atomic E-state index is -0.143. The van der Waals surface area contributed by atoms with Gasteiger partial charge in [-0.05, 0) is 55.3 Å². The molecule has 0 aliphatic heterocycles. The Morgan fingerprint density at radius 3 is 2.41 bits per heavy atom. The molecule has 1 aromatic heterocycles. The van der Waals surface area contributed by atoms with Gasteiger partial charge in [0.1, 0.15) is 0 Å². The number of aryl methyl sites for hydroxylation is 2. The molecule has 1 heterocycles. The number of nitrogen functional groups attached to an aromatic ring is 1. The van der Waals surface area contributed by atoms with Crippen LogP contribution < -0.4 is 20.6 Å². The number of hydrogen-bond acceptors (Lipinski definition) is 7. The molecule has 1 amide bonds. The number of carbonyl (C=O) groups is 1. The van der Waals surface area contributed by atoms with Crippen LogP contribution in [0.3, 0.4) is 0 Å². The largest absolute Gasteiger partial charge is 0.493 e. The van der Waals surface area contributed by atoms with E-state index in [0.717, 1.165) is 22.4 Å². The van der Waals surface area contributed by atoms with Gasteiger partial charge in [0.25, 0.3) is 0 Å². The zero-order valence-electron chi connectivity index (χ0n) is 16.7. The molecule has 0 radical (unpaired) electrons. The van der Waals surface area contributed by atoms with Crippen molar-refractivity contribution in [2.45, 2.75) is 19.0 Å². The molecule has 0 saturated carbocycles. The van der Waals surface area contributed by atoms with Crippen molar-refractivity contribution in [3.05, 3.63) is 47.5 Å². The summed E-state index contributed by atoms with van der Waals surface area (Å²) in [6, 6.07) is 11.3. The molecule has 0 fully saturated rings. The van der Waals surface area contributed by atoms with Gasteiger partial charge in [-0.2, -0.15) is 0 Å². The first kappa shape index (κ1) is 20.5. The second-order valence-corrected chi connectivity index (χ2v) is 7.40. The molecule has 3 rings (SSSR count). The predicted octanol–water partition coefficient (Wildman–Crippen LogP) is 3.02. The Hall–Kier alpha value is -3.20. The van der Waals surface area contributed by atoms with Crippen LogP contribution in [0.15, 0.2) is 41.6 Å². The number of hydrogen-bond donors (Lipinski definition) is 2. The van der Waals surface area contributed by atoms with E-state index in [2.05, 4.69) is 21.6 Å². The van der Waals surface area contributed by atoms with Gasteiger partial charge >= 0.3 is 0 Å². The lowest BCUT2D eigenvalue weighted by atomic mass is 10.1. The molecule has 0 spiro atoms. The number of nitrogens with two attached hydrogens (primary N) is 1. The summed E-state index contributed by atoms with van der Waals surface area (Å²) >= 11 is 1.21. The van der Waals surface area contributed by atoms with Crippen LogP contribution >= 0.6 is 11.8 Å². The summed E-state index contributed by atoms with van der Waals surface area (Å²) in [7, 11) is 3.13. The van der Waals surface area contributed by atoms with Crippen molar-refractivity contribution >= 4 is 23.4 Å². The summed E-state index contributed by atoms with van der Waals surface area (Å²) in [5, 5.41) is 11.6. The molecular formula is C20H23N5O3S. The van der Waals surface area contributed by atoms with Gasteiger partial charge in [0.05, 0.1) is 20.0 Å². The van der Waals surface area contributed by atoms with E-state index < -0.39 is 0 Å². The molecule has 0 unspecified atom stereocenters. The third-order valence-electron chi connectivity index (χ3n) is 4.14. The van der Waals surface area contributed by atoms with E-state index >= 15 is 0 Å². The summed E-state index contributed by atoms with van der Waals surface area (Å²) in [4.78, 5) is 12.3. The first-order chi connectivity index (χ1) is 13.9. The smallest absolute Gasteiger partial charge is 0.234 e. The number of nitrogens with one attached hydrogen (secondary N) is 1. The molecule has 0 atom stereocenters. The first-order valence-corrected chi connectivity index (χ1v) is 9.83. The van der Waals surface area contributed by atoms with E-state index in [1.165, 1.54) is 16.4 Å². The second kappa shape index (κ2) is 8.87. The number of rotatable bonds is 7. The van der Waals surface area contributed by atoms with Crippen LogP contribution in [-0.2, 0) is 4.79 Å². The highest BCUT2D eigenvalue weighted by atomic mass is 32.2. The van der Waals surface area contributed by atoms with Crippen molar-refractivity contribution in [2.75, 3.05) is 31.1 Å². The van der Waals surface area contributed by atoms with Crippen LogP contribution in [-0.4, -0.2) is 40.8 Å². The Morgan fingerprint density at radius 1 is 1.07 bits per heavy atom. The molecule has 9 heteroatoms. The molecule has 0 bridgehead atoms. The van der Waals surface area contributed by atoms with Crippen molar-refractivity contribution in [3.8, 4) is 22.9 Å². The minimum Gasteiger partial charge on any atom is -0.493 e. The quantitative estimate of drug-likeness (QED) is 0.453. The van der Waals surface area contributed by atoms with Crippen LogP contribution in [0.4, 0.5) is 5.69 Å². The molecule has 0 saturated heterocycles. The minimum absolute atomic E-state index is 0.143. The van der Waals surface area contributed by atoms with Gasteiger partial charge < -0.3 is 20.6 Å². The van der Waals surface area contributed by atoms with Crippen LogP contribution in [0.2, 0.25) is 0 Å². The SMILES string of the molecule is COc1ccc(-c2nnc(SCC(=O)Nc3cc(C)cc(C)c3)n2N)cc1OC. The average Bonchev–Trinajstić information content (AvgIpc) is 3.05. The van der Waals surface area contributed by atoms with Crippen LogP contribution in [0.1, 0.15) is 11.1 Å². The number of ether oxygens (including phenoxy) is 2. The van der Waals surface area contributed by atoms with Gasteiger partial charge in [-0.15, -0.1) is 10.2 Å². The van der Waals surface area contributed by atoms with E-state index in [9.17, 15) is 4.79 Å². The first-order valence-electron chi connectivity index (χ1n) is 8.85. The maximum absolute atomic E-state index is 12.3. The van der Waals surface area contributed by atoms with Crippen LogP contribution in [0.25, 0.3) is 11.4 Å². The molecule has 0 aliphatic carbocycles. The lowest BCUT2D eigenvalue weighted by molar-refractivity contribution is -0.113. The lowest BCUT2D eigenvalue weighted by Crippen LogP contribution is -2.16. The Labute approximate surface area is 173 Å². The normalized spacial score (nSPS) is 10.6. The highest BCUT2D eigenvalue weighted by Gasteiger charge is 2.16. The maximum atomic E-state index is 12.3. The zero-order valence-corrected chi connectivity index (χ0v) is 17.5. The molecule has 0 aliphatic rings. The van der Waals surface area contributed by atoms with Crippen molar-refractivity contribution in [3.63, 3.8) is 0 Å². The van der Waals surface area contributed by atoms with E-state index in [1.54, 1.807) is 26.4 Å². The van der Waals surface area contributed by atoms with Crippen LogP contribution in [0, 0.1) is 13.8 Å². The van der Waals surface area contributed by atoms with Gasteiger partial charge in [0.15, 0.2) is 17.3 Å². The Balaban J connectivity index is 1.69. The van der Waals surface area contributed by atoms with Crippen molar-refractivity contribution in [1.29, 1.82) is 0 Å². The van der Waals surface area contributed by atoms with Gasteiger partial charge in [-0.3, -0.25) is 4.79 Å². The molecule has 2 aromatic carbocycles. The van der Waals surface area contributed by atoms with E-state index in [4.69, 9.17) is 15.3 Å². The average molecular weight is 414 g/mol. The van der Waals surface area contributed by atoms with Gasteiger partial charge in [-0.1, -0.05) is 17.8 Å². The molecule has 3 aromatic rings. The summed E-state index contributed by atoms with van der Waals surface area (Å²) in [6.07, 6.45) is 0. The van der Waals surface area contributed by atoms with Gasteiger partial charge in [0.2, 0.25) is 11.1 Å². The number of aromatic nitrogens is 3. The van der Waals surface area contributed by atoms with E-state index in [1.807, 2.05) is 32.0 Å². The molecule has 8 nitrogen and oxygen atoms in total. The third-order valence-corrected chi connectivity index (χ3v) is 5.09. The molecule has 152 valence electrons. The maximum Gasteiger partial charge on any atom is 0.234 e. The number of methoxy groups -OCH3 is 2. The van der Waals surface area contributed by atoms with Gasteiger partial charge in [0, 0.05) is 11.3 Å². The Morgan fingerprint density at radius 2 is 1.76 bits per heavy atom. The Bertz CT molecular complexity index is 1010. The van der Waals surface area contributed by atoms with E-state index in [-0.39, 0.29) is 11.7 Å². The highest BCUT2D eigenvalue weighted by molar-refractivity contribution is 7.99. The number of amides is 1. The zero-order chi connectivity index (χ0) is 21.0. The van der Waals surface area contributed by atoms with Crippen LogP contribution in [0.5, 0.6) is 11.5 Å². The fourth-order valence-electron chi connectivity index (χ4n) is 2.92.